The van der Waals surface area contributed by atoms with Crippen molar-refractivity contribution in [2.24, 2.45) is 5.92 Å². The van der Waals surface area contributed by atoms with Crippen molar-refractivity contribution in [1.82, 2.24) is 0 Å². The van der Waals surface area contributed by atoms with E-state index in [-0.39, 0.29) is 0 Å². The molecule has 2 heteroatoms. The Morgan fingerprint density at radius 1 is 1.09 bits per heavy atom. The normalized spacial score (nSPS) is 25.3. The Morgan fingerprint density at radius 3 is 2.77 bits per heavy atom. The fourth-order valence-electron chi connectivity index (χ4n) is 3.94. The summed E-state index contributed by atoms with van der Waals surface area (Å²) < 4.78 is 5.41. The van der Waals surface area contributed by atoms with Gasteiger partial charge in [-0.05, 0) is 54.2 Å². The van der Waals surface area contributed by atoms with Crippen molar-refractivity contribution in [1.29, 1.82) is 0 Å². The van der Waals surface area contributed by atoms with Crippen LogP contribution in [0.1, 0.15) is 35.1 Å². The van der Waals surface area contributed by atoms with Crippen molar-refractivity contribution in [2.75, 3.05) is 12.4 Å². The first kappa shape index (κ1) is 13.4. The molecule has 3 atom stereocenters. The van der Waals surface area contributed by atoms with E-state index in [2.05, 4.69) is 60.8 Å². The van der Waals surface area contributed by atoms with Crippen molar-refractivity contribution in [3.63, 3.8) is 0 Å². The van der Waals surface area contributed by atoms with Crippen LogP contribution < -0.4 is 10.1 Å². The Labute approximate surface area is 131 Å². The lowest BCUT2D eigenvalue weighted by Gasteiger charge is -2.38. The summed E-state index contributed by atoms with van der Waals surface area (Å²) in [6.07, 6.45) is 5.83. The number of hydrogen-bond donors (Lipinski definition) is 1. The lowest BCUT2D eigenvalue weighted by Crippen LogP contribution is -2.29. The number of allylic oxidation sites excluding steroid dienone is 2. The van der Waals surface area contributed by atoms with E-state index in [9.17, 15) is 0 Å². The largest absolute Gasteiger partial charge is 0.497 e. The third-order valence-corrected chi connectivity index (χ3v) is 5.09. The third-order valence-electron chi connectivity index (χ3n) is 5.09. The fraction of sp³-hybridized carbons (Fsp3) is 0.300. The molecular weight excluding hydrogens is 270 g/mol. The molecule has 1 N–H and O–H groups in total. The summed E-state index contributed by atoms with van der Waals surface area (Å²) >= 11 is 0. The van der Waals surface area contributed by atoms with Gasteiger partial charge in [0.15, 0.2) is 0 Å². The van der Waals surface area contributed by atoms with Crippen molar-refractivity contribution >= 4 is 5.69 Å². The van der Waals surface area contributed by atoms with E-state index in [1.54, 1.807) is 7.11 Å². The topological polar surface area (TPSA) is 21.3 Å². The molecule has 0 fully saturated rings. The molecule has 2 nitrogen and oxygen atoms in total. The van der Waals surface area contributed by atoms with Crippen LogP contribution in [0.5, 0.6) is 5.75 Å². The first-order valence-corrected chi connectivity index (χ1v) is 7.94. The molecule has 0 amide bonds. The van der Waals surface area contributed by atoms with Crippen molar-refractivity contribution in [2.45, 2.75) is 25.3 Å². The van der Waals surface area contributed by atoms with Gasteiger partial charge in [-0.1, -0.05) is 36.4 Å². The second-order valence-electron chi connectivity index (χ2n) is 6.29. The number of aryl methyl sites for hydroxylation is 1. The number of anilines is 1. The third kappa shape index (κ3) is 2.02. The molecule has 2 aliphatic rings. The summed E-state index contributed by atoms with van der Waals surface area (Å²) in [5, 5.41) is 3.78. The van der Waals surface area contributed by atoms with Gasteiger partial charge in [0.05, 0.1) is 13.2 Å². The number of nitrogens with one attached hydrogen (secondary N) is 1. The van der Waals surface area contributed by atoms with Crippen LogP contribution in [0.2, 0.25) is 0 Å². The highest BCUT2D eigenvalue weighted by Gasteiger charge is 2.38. The van der Waals surface area contributed by atoms with Gasteiger partial charge in [-0.25, -0.2) is 0 Å². The highest BCUT2D eigenvalue weighted by molar-refractivity contribution is 5.62. The highest BCUT2D eigenvalue weighted by Crippen LogP contribution is 2.50. The minimum atomic E-state index is 0.377. The highest BCUT2D eigenvalue weighted by atomic mass is 16.5. The van der Waals surface area contributed by atoms with Gasteiger partial charge in [0.25, 0.3) is 0 Å². The van der Waals surface area contributed by atoms with Crippen LogP contribution in [0.4, 0.5) is 5.69 Å². The van der Waals surface area contributed by atoms with Crippen LogP contribution in [0.15, 0.2) is 54.6 Å². The SMILES string of the molecule is COc1ccc2c(c1)C1C=CCC1C(c1ccccc1C)N2. The minimum absolute atomic E-state index is 0.377. The van der Waals surface area contributed by atoms with E-state index >= 15 is 0 Å². The molecule has 0 saturated heterocycles. The molecule has 2 aromatic rings. The lowest BCUT2D eigenvalue weighted by atomic mass is 9.76. The molecule has 2 aromatic carbocycles. The van der Waals surface area contributed by atoms with E-state index in [1.165, 1.54) is 22.4 Å². The molecule has 1 aliphatic carbocycles. The van der Waals surface area contributed by atoms with Crippen LogP contribution >= 0.6 is 0 Å². The number of methoxy groups -OCH3 is 1. The van der Waals surface area contributed by atoms with E-state index in [4.69, 9.17) is 4.74 Å². The standard InChI is InChI=1S/C20H21NO/c1-13-6-3-4-7-15(13)20-17-9-5-8-16(17)18-12-14(22-2)10-11-19(18)21-20/h3-8,10-12,16-17,20-21H,9H2,1-2H3. The molecule has 3 unspecified atom stereocenters. The summed E-state index contributed by atoms with van der Waals surface area (Å²) in [5.74, 6) is 2.01. The van der Waals surface area contributed by atoms with Crippen LogP contribution in [0, 0.1) is 12.8 Å². The van der Waals surface area contributed by atoms with E-state index in [0.717, 1.165) is 12.2 Å². The molecule has 1 heterocycles. The molecule has 4 rings (SSSR count). The molecular formula is C20H21NO. The van der Waals surface area contributed by atoms with Gasteiger partial charge in [0.1, 0.15) is 5.75 Å². The Balaban J connectivity index is 1.80. The average Bonchev–Trinajstić information content (AvgIpc) is 3.04. The first-order chi connectivity index (χ1) is 10.8. The Kier molecular flexibility index (Phi) is 3.18. The van der Waals surface area contributed by atoms with E-state index < -0.39 is 0 Å². The molecule has 0 aromatic heterocycles. The minimum Gasteiger partial charge on any atom is -0.497 e. The van der Waals surface area contributed by atoms with Gasteiger partial charge in [-0.15, -0.1) is 0 Å². The second-order valence-corrected chi connectivity index (χ2v) is 6.29. The summed E-state index contributed by atoms with van der Waals surface area (Å²) in [7, 11) is 1.73. The van der Waals surface area contributed by atoms with Crippen LogP contribution in [-0.4, -0.2) is 7.11 Å². The molecule has 22 heavy (non-hydrogen) atoms. The zero-order valence-electron chi connectivity index (χ0n) is 13.0. The van der Waals surface area contributed by atoms with Gasteiger partial charge < -0.3 is 10.1 Å². The smallest absolute Gasteiger partial charge is 0.119 e. The van der Waals surface area contributed by atoms with Gasteiger partial charge >= 0.3 is 0 Å². The molecule has 0 radical (unpaired) electrons. The number of rotatable bonds is 2. The molecule has 0 bridgehead atoms. The maximum absolute atomic E-state index is 5.41. The number of ether oxygens (including phenoxy) is 1. The molecule has 0 spiro atoms. The number of hydrogen-bond acceptors (Lipinski definition) is 2. The fourth-order valence-corrected chi connectivity index (χ4v) is 3.94. The Hall–Kier alpha value is -2.22. The Bertz CT molecular complexity index is 734. The summed E-state index contributed by atoms with van der Waals surface area (Å²) in [6, 6.07) is 15.5. The zero-order chi connectivity index (χ0) is 15.1. The molecule has 1 aliphatic heterocycles. The van der Waals surface area contributed by atoms with Crippen molar-refractivity contribution < 1.29 is 4.74 Å². The van der Waals surface area contributed by atoms with Gasteiger partial charge in [0.2, 0.25) is 0 Å². The zero-order valence-corrected chi connectivity index (χ0v) is 13.0. The maximum Gasteiger partial charge on any atom is 0.119 e. The predicted molar refractivity (Wildman–Crippen MR) is 90.5 cm³/mol. The van der Waals surface area contributed by atoms with Gasteiger partial charge in [0, 0.05) is 11.6 Å². The van der Waals surface area contributed by atoms with E-state index in [0.29, 0.717) is 17.9 Å². The lowest BCUT2D eigenvalue weighted by molar-refractivity contribution is 0.405. The molecule has 0 saturated carbocycles. The number of benzene rings is 2. The maximum atomic E-state index is 5.41. The van der Waals surface area contributed by atoms with E-state index in [1.807, 2.05) is 6.07 Å². The summed E-state index contributed by atoms with van der Waals surface area (Å²) in [6.45, 7) is 2.21. The monoisotopic (exact) mass is 291 g/mol. The second kappa shape index (κ2) is 5.20. The van der Waals surface area contributed by atoms with Gasteiger partial charge in [-0.2, -0.15) is 0 Å². The first-order valence-electron chi connectivity index (χ1n) is 7.94. The predicted octanol–water partition coefficient (Wildman–Crippen LogP) is 4.83. The van der Waals surface area contributed by atoms with Crippen molar-refractivity contribution in [3.8, 4) is 5.75 Å². The quantitative estimate of drug-likeness (QED) is 0.800. The van der Waals surface area contributed by atoms with Crippen LogP contribution in [0.3, 0.4) is 0 Å². The number of fused-ring (bicyclic) bond motifs is 3. The summed E-state index contributed by atoms with van der Waals surface area (Å²) in [4.78, 5) is 0. The van der Waals surface area contributed by atoms with Crippen LogP contribution in [-0.2, 0) is 0 Å². The average molecular weight is 291 g/mol. The van der Waals surface area contributed by atoms with Crippen LogP contribution in [0.25, 0.3) is 0 Å². The Morgan fingerprint density at radius 2 is 1.95 bits per heavy atom. The van der Waals surface area contributed by atoms with Gasteiger partial charge in [-0.3, -0.25) is 0 Å². The van der Waals surface area contributed by atoms with Crippen molar-refractivity contribution in [3.05, 3.63) is 71.3 Å². The molecule has 112 valence electrons. The summed E-state index contributed by atoms with van der Waals surface area (Å²) in [5.41, 5.74) is 5.38.